The first kappa shape index (κ1) is 11.1. The van der Waals surface area contributed by atoms with Crippen LogP contribution in [0.4, 0.5) is 0 Å². The van der Waals surface area contributed by atoms with Crippen LogP contribution in [0.3, 0.4) is 0 Å². The summed E-state index contributed by atoms with van der Waals surface area (Å²) >= 11 is 3.36. The summed E-state index contributed by atoms with van der Waals surface area (Å²) < 4.78 is 7.38. The number of ether oxygens (including phenoxy) is 1. The lowest BCUT2D eigenvalue weighted by Gasteiger charge is -2.02. The van der Waals surface area contributed by atoms with E-state index in [0.29, 0.717) is 11.2 Å². The molecule has 0 saturated carbocycles. The molecule has 0 bridgehead atoms. The van der Waals surface area contributed by atoms with E-state index < -0.39 is 0 Å². The number of methoxy groups -OCH3 is 1. The number of carbonyl (C=O) groups is 1. The van der Waals surface area contributed by atoms with Gasteiger partial charge in [-0.3, -0.25) is 0 Å². The molecule has 0 amide bonds. The standard InChI is InChI=1S/C11H11BrN2O2/c1-3-8-6-14-5-7(12)4-9(10(14)13-8)11(15)16-2/h4-6H,3H2,1-2H3. The number of nitrogens with zero attached hydrogens (tertiary/aromatic N) is 2. The van der Waals surface area contributed by atoms with Gasteiger partial charge in [-0.1, -0.05) is 6.92 Å². The summed E-state index contributed by atoms with van der Waals surface area (Å²) in [7, 11) is 1.36. The number of pyridine rings is 1. The highest BCUT2D eigenvalue weighted by atomic mass is 79.9. The van der Waals surface area contributed by atoms with E-state index in [4.69, 9.17) is 4.74 Å². The van der Waals surface area contributed by atoms with Crippen LogP contribution in [0.1, 0.15) is 23.0 Å². The first-order valence-corrected chi connectivity index (χ1v) is 5.70. The van der Waals surface area contributed by atoms with Crippen molar-refractivity contribution in [2.45, 2.75) is 13.3 Å². The predicted octanol–water partition coefficient (Wildman–Crippen LogP) is 2.45. The van der Waals surface area contributed by atoms with E-state index in [1.54, 1.807) is 6.07 Å². The van der Waals surface area contributed by atoms with Crippen LogP contribution in [-0.2, 0) is 11.2 Å². The summed E-state index contributed by atoms with van der Waals surface area (Å²) in [5, 5.41) is 0. The Balaban J connectivity index is 2.70. The van der Waals surface area contributed by atoms with E-state index in [9.17, 15) is 4.79 Å². The molecule has 2 aromatic rings. The highest BCUT2D eigenvalue weighted by Crippen LogP contribution is 2.19. The number of hydrogen-bond acceptors (Lipinski definition) is 3. The molecule has 0 aromatic carbocycles. The molecule has 0 aliphatic carbocycles. The Labute approximate surface area is 101 Å². The third kappa shape index (κ3) is 1.82. The molecule has 0 aliphatic heterocycles. The van der Waals surface area contributed by atoms with Gasteiger partial charge < -0.3 is 9.14 Å². The monoisotopic (exact) mass is 282 g/mol. The number of carbonyl (C=O) groups excluding carboxylic acids is 1. The van der Waals surface area contributed by atoms with E-state index in [-0.39, 0.29) is 5.97 Å². The quantitative estimate of drug-likeness (QED) is 0.795. The summed E-state index contributed by atoms with van der Waals surface area (Å²) in [6.45, 7) is 2.02. The van der Waals surface area contributed by atoms with Crippen LogP contribution in [0, 0.1) is 0 Å². The van der Waals surface area contributed by atoms with Gasteiger partial charge in [0.1, 0.15) is 5.56 Å². The molecule has 2 aromatic heterocycles. The molecule has 16 heavy (non-hydrogen) atoms. The predicted molar refractivity (Wildman–Crippen MR) is 63.6 cm³/mol. The van der Waals surface area contributed by atoms with E-state index in [1.807, 2.05) is 23.7 Å². The number of aromatic nitrogens is 2. The molecular weight excluding hydrogens is 272 g/mol. The first-order chi connectivity index (χ1) is 7.65. The molecule has 0 atom stereocenters. The summed E-state index contributed by atoms with van der Waals surface area (Å²) in [4.78, 5) is 16.0. The minimum Gasteiger partial charge on any atom is -0.465 e. The Morgan fingerprint density at radius 3 is 2.94 bits per heavy atom. The maximum Gasteiger partial charge on any atom is 0.341 e. The van der Waals surface area contributed by atoms with E-state index in [1.165, 1.54) is 7.11 Å². The number of aryl methyl sites for hydroxylation is 1. The average Bonchev–Trinajstić information content (AvgIpc) is 2.69. The van der Waals surface area contributed by atoms with Crippen molar-refractivity contribution >= 4 is 27.5 Å². The van der Waals surface area contributed by atoms with Gasteiger partial charge in [0.05, 0.1) is 12.8 Å². The van der Waals surface area contributed by atoms with Crippen molar-refractivity contribution in [2.75, 3.05) is 7.11 Å². The molecule has 4 nitrogen and oxygen atoms in total. The Morgan fingerprint density at radius 2 is 2.31 bits per heavy atom. The van der Waals surface area contributed by atoms with Crippen LogP contribution in [-0.4, -0.2) is 22.5 Å². The number of esters is 1. The second-order valence-corrected chi connectivity index (χ2v) is 4.30. The van der Waals surface area contributed by atoms with Gasteiger partial charge in [0.25, 0.3) is 0 Å². The highest BCUT2D eigenvalue weighted by molar-refractivity contribution is 9.10. The molecule has 2 heterocycles. The lowest BCUT2D eigenvalue weighted by molar-refractivity contribution is 0.0602. The van der Waals surface area contributed by atoms with E-state index >= 15 is 0 Å². The Morgan fingerprint density at radius 1 is 1.56 bits per heavy atom. The number of hydrogen-bond donors (Lipinski definition) is 0. The van der Waals surface area contributed by atoms with Gasteiger partial charge in [0.15, 0.2) is 5.65 Å². The molecule has 5 heteroatoms. The Kier molecular flexibility index (Phi) is 2.96. The van der Waals surface area contributed by atoms with Crippen molar-refractivity contribution in [3.63, 3.8) is 0 Å². The molecule has 0 spiro atoms. The van der Waals surface area contributed by atoms with Crippen LogP contribution in [0.2, 0.25) is 0 Å². The van der Waals surface area contributed by atoms with Crippen LogP contribution in [0.25, 0.3) is 5.65 Å². The van der Waals surface area contributed by atoms with Gasteiger partial charge in [0, 0.05) is 16.9 Å². The summed E-state index contributed by atoms with van der Waals surface area (Å²) in [5.74, 6) is -0.375. The van der Waals surface area contributed by atoms with Crippen molar-refractivity contribution in [3.8, 4) is 0 Å². The van der Waals surface area contributed by atoms with Gasteiger partial charge in [-0.2, -0.15) is 0 Å². The maximum atomic E-state index is 11.6. The lowest BCUT2D eigenvalue weighted by Crippen LogP contribution is -2.04. The smallest absolute Gasteiger partial charge is 0.341 e. The fourth-order valence-electron chi connectivity index (χ4n) is 1.55. The summed E-state index contributed by atoms with van der Waals surface area (Å²) in [5.41, 5.74) is 2.05. The molecule has 0 radical (unpaired) electrons. The number of rotatable bonds is 2. The SMILES string of the molecule is CCc1cn2cc(Br)cc(C(=O)OC)c2n1. The Hall–Kier alpha value is -1.36. The molecule has 2 rings (SSSR count). The van der Waals surface area contributed by atoms with Crippen LogP contribution in [0.5, 0.6) is 0 Å². The van der Waals surface area contributed by atoms with Gasteiger partial charge >= 0.3 is 5.97 Å². The minimum absolute atomic E-state index is 0.375. The fourth-order valence-corrected chi connectivity index (χ4v) is 1.99. The van der Waals surface area contributed by atoms with E-state index in [0.717, 1.165) is 16.6 Å². The topological polar surface area (TPSA) is 43.6 Å². The number of fused-ring (bicyclic) bond motifs is 1. The molecule has 0 N–H and O–H groups in total. The van der Waals surface area contributed by atoms with Gasteiger partial charge in [-0.25, -0.2) is 9.78 Å². The van der Waals surface area contributed by atoms with Crippen LogP contribution in [0.15, 0.2) is 22.9 Å². The largest absolute Gasteiger partial charge is 0.465 e. The highest BCUT2D eigenvalue weighted by Gasteiger charge is 2.14. The van der Waals surface area contributed by atoms with Crippen LogP contribution >= 0.6 is 15.9 Å². The zero-order valence-corrected chi connectivity index (χ0v) is 10.6. The third-order valence-corrected chi connectivity index (χ3v) is 2.77. The molecular formula is C11H11BrN2O2. The van der Waals surface area contributed by atoms with Crippen molar-refractivity contribution in [2.24, 2.45) is 0 Å². The number of imidazole rings is 1. The summed E-state index contributed by atoms with van der Waals surface area (Å²) in [6, 6.07) is 1.72. The summed E-state index contributed by atoms with van der Waals surface area (Å²) in [6.07, 6.45) is 4.61. The molecule has 84 valence electrons. The van der Waals surface area contributed by atoms with Crippen molar-refractivity contribution in [1.82, 2.24) is 9.38 Å². The van der Waals surface area contributed by atoms with Crippen LogP contribution < -0.4 is 0 Å². The first-order valence-electron chi connectivity index (χ1n) is 4.91. The second kappa shape index (κ2) is 4.25. The van der Waals surface area contributed by atoms with Gasteiger partial charge in [-0.15, -0.1) is 0 Å². The normalized spacial score (nSPS) is 10.7. The molecule has 0 unspecified atom stereocenters. The zero-order chi connectivity index (χ0) is 11.7. The van der Waals surface area contributed by atoms with Crippen molar-refractivity contribution in [1.29, 1.82) is 0 Å². The maximum absolute atomic E-state index is 11.6. The number of halogens is 1. The Bertz CT molecular complexity index is 548. The third-order valence-electron chi connectivity index (χ3n) is 2.34. The fraction of sp³-hybridized carbons (Fsp3) is 0.273. The molecule has 0 saturated heterocycles. The lowest BCUT2D eigenvalue weighted by atomic mass is 10.3. The van der Waals surface area contributed by atoms with Crippen molar-refractivity contribution in [3.05, 3.63) is 34.2 Å². The average molecular weight is 283 g/mol. The molecule has 0 fully saturated rings. The van der Waals surface area contributed by atoms with Gasteiger partial charge in [0.2, 0.25) is 0 Å². The van der Waals surface area contributed by atoms with E-state index in [2.05, 4.69) is 20.9 Å². The second-order valence-electron chi connectivity index (χ2n) is 3.38. The van der Waals surface area contributed by atoms with Gasteiger partial charge in [-0.05, 0) is 28.4 Å². The zero-order valence-electron chi connectivity index (χ0n) is 9.03. The minimum atomic E-state index is -0.375. The molecule has 0 aliphatic rings. The van der Waals surface area contributed by atoms with Crippen molar-refractivity contribution < 1.29 is 9.53 Å².